The van der Waals surface area contributed by atoms with Crippen LogP contribution in [0.15, 0.2) is 66.7 Å². The number of para-hydroxylation sites is 1. The lowest BCUT2D eigenvalue weighted by Gasteiger charge is -2.10. The summed E-state index contributed by atoms with van der Waals surface area (Å²) in [5.41, 5.74) is 1.95. The Labute approximate surface area is 168 Å². The maximum absolute atomic E-state index is 12.9. The van der Waals surface area contributed by atoms with Gasteiger partial charge in [-0.2, -0.15) is 5.26 Å². The summed E-state index contributed by atoms with van der Waals surface area (Å²) in [6.07, 6.45) is 0. The molecule has 0 heterocycles. The number of carbonyl (C=O) groups excluding carboxylic acids is 2. The van der Waals surface area contributed by atoms with Crippen molar-refractivity contribution in [3.63, 3.8) is 0 Å². The van der Waals surface area contributed by atoms with E-state index in [0.29, 0.717) is 39.4 Å². The van der Waals surface area contributed by atoms with E-state index < -0.39 is 0 Å². The molecule has 0 unspecified atom stereocenters. The average molecular weight is 386 g/mol. The van der Waals surface area contributed by atoms with E-state index >= 15 is 0 Å². The Morgan fingerprint density at radius 1 is 0.897 bits per heavy atom. The molecule has 6 nitrogen and oxygen atoms in total. The van der Waals surface area contributed by atoms with E-state index in [4.69, 9.17) is 14.7 Å². The number of methoxy groups -OCH3 is 2. The molecule has 0 bridgehead atoms. The summed E-state index contributed by atoms with van der Waals surface area (Å²) < 4.78 is 10.5. The number of hydrogen-bond donors (Lipinski definition) is 1. The molecule has 6 heteroatoms. The number of nitrogens with one attached hydrogen (secondary N) is 1. The lowest BCUT2D eigenvalue weighted by Crippen LogP contribution is -2.13. The molecule has 0 aliphatic carbocycles. The van der Waals surface area contributed by atoms with Crippen LogP contribution in [-0.2, 0) is 0 Å². The third kappa shape index (κ3) is 4.25. The minimum atomic E-state index is -0.370. The van der Waals surface area contributed by atoms with Crippen LogP contribution in [0, 0.1) is 11.3 Å². The summed E-state index contributed by atoms with van der Waals surface area (Å²) in [5.74, 6) is 0.361. The molecule has 29 heavy (non-hydrogen) atoms. The number of hydrogen-bond acceptors (Lipinski definition) is 5. The monoisotopic (exact) mass is 386 g/mol. The van der Waals surface area contributed by atoms with Crippen molar-refractivity contribution in [1.82, 2.24) is 0 Å². The number of anilines is 1. The first kappa shape index (κ1) is 19.6. The predicted octanol–water partition coefficient (Wildman–Crippen LogP) is 4.06. The molecule has 0 saturated carbocycles. The second-order valence-electron chi connectivity index (χ2n) is 6.08. The highest BCUT2D eigenvalue weighted by Crippen LogP contribution is 2.26. The largest absolute Gasteiger partial charge is 0.497 e. The number of nitrogens with zero attached hydrogens (tertiary/aromatic N) is 1. The molecule has 0 aliphatic heterocycles. The fourth-order valence-corrected chi connectivity index (χ4v) is 2.80. The van der Waals surface area contributed by atoms with Crippen LogP contribution < -0.4 is 14.8 Å². The minimum absolute atomic E-state index is 0.248. The van der Waals surface area contributed by atoms with E-state index in [1.807, 2.05) is 6.07 Å². The molecule has 144 valence electrons. The predicted molar refractivity (Wildman–Crippen MR) is 109 cm³/mol. The van der Waals surface area contributed by atoms with Crippen molar-refractivity contribution in [2.75, 3.05) is 19.5 Å². The lowest BCUT2D eigenvalue weighted by atomic mass is 10.0. The van der Waals surface area contributed by atoms with Crippen LogP contribution in [0.25, 0.3) is 0 Å². The van der Waals surface area contributed by atoms with E-state index in [0.717, 1.165) is 0 Å². The van der Waals surface area contributed by atoms with Gasteiger partial charge in [0.25, 0.3) is 5.91 Å². The molecule has 3 aromatic carbocycles. The van der Waals surface area contributed by atoms with Gasteiger partial charge in [0.15, 0.2) is 5.78 Å². The van der Waals surface area contributed by atoms with Crippen molar-refractivity contribution in [3.05, 3.63) is 89.0 Å². The summed E-state index contributed by atoms with van der Waals surface area (Å²) in [7, 11) is 3.01. The number of rotatable bonds is 6. The molecule has 0 aromatic heterocycles. The van der Waals surface area contributed by atoms with Crippen LogP contribution in [0.5, 0.6) is 11.5 Å². The van der Waals surface area contributed by atoms with Crippen LogP contribution >= 0.6 is 0 Å². The molecular formula is C23H18N2O4. The Morgan fingerprint density at radius 3 is 2.24 bits per heavy atom. The second kappa shape index (κ2) is 8.72. The zero-order chi connectivity index (χ0) is 20.8. The molecule has 0 fully saturated rings. The fraction of sp³-hybridized carbons (Fsp3) is 0.0870. The average Bonchev–Trinajstić information content (AvgIpc) is 2.78. The Hall–Kier alpha value is -4.11. The Kier molecular flexibility index (Phi) is 5.91. The van der Waals surface area contributed by atoms with Gasteiger partial charge in [-0.1, -0.05) is 24.3 Å². The molecular weight excluding hydrogens is 368 g/mol. The first-order chi connectivity index (χ1) is 14.1. The van der Waals surface area contributed by atoms with Gasteiger partial charge in [-0.3, -0.25) is 9.59 Å². The number of carbonyl (C=O) groups is 2. The molecule has 0 saturated heterocycles. The summed E-state index contributed by atoms with van der Waals surface area (Å²) in [6, 6.07) is 20.0. The van der Waals surface area contributed by atoms with E-state index in [1.165, 1.54) is 14.2 Å². The highest BCUT2D eigenvalue weighted by molar-refractivity contribution is 6.12. The van der Waals surface area contributed by atoms with Gasteiger partial charge in [0.2, 0.25) is 0 Å². The quantitative estimate of drug-likeness (QED) is 0.646. The van der Waals surface area contributed by atoms with Gasteiger partial charge in [-0.15, -0.1) is 0 Å². The van der Waals surface area contributed by atoms with Gasteiger partial charge in [-0.25, -0.2) is 0 Å². The van der Waals surface area contributed by atoms with Crippen molar-refractivity contribution in [2.45, 2.75) is 0 Å². The topological polar surface area (TPSA) is 88.4 Å². The maximum atomic E-state index is 12.9. The molecule has 0 radical (unpaired) electrons. The van der Waals surface area contributed by atoms with Crippen LogP contribution in [0.4, 0.5) is 5.69 Å². The van der Waals surface area contributed by atoms with Gasteiger partial charge in [0.05, 0.1) is 31.0 Å². The smallest absolute Gasteiger partial charge is 0.255 e. The van der Waals surface area contributed by atoms with Crippen LogP contribution in [0.1, 0.15) is 31.8 Å². The number of ether oxygens (including phenoxy) is 2. The standard InChI is InChI=1S/C23H18N2O4/c1-28-18-11-12-21(29-2)19(13-18)22(26)15-7-9-16(10-8-15)23(27)25-20-6-4-3-5-17(20)14-24/h3-13H,1-2H3,(H,25,27). The van der Waals surface area contributed by atoms with Crippen molar-refractivity contribution in [1.29, 1.82) is 5.26 Å². The second-order valence-corrected chi connectivity index (χ2v) is 6.08. The van der Waals surface area contributed by atoms with Crippen molar-refractivity contribution in [2.24, 2.45) is 0 Å². The molecule has 0 spiro atoms. The van der Waals surface area contributed by atoms with Crippen molar-refractivity contribution < 1.29 is 19.1 Å². The molecule has 3 rings (SSSR count). The van der Waals surface area contributed by atoms with Gasteiger partial charge < -0.3 is 14.8 Å². The van der Waals surface area contributed by atoms with E-state index in [1.54, 1.807) is 66.7 Å². The molecule has 1 amide bonds. The van der Waals surface area contributed by atoms with Gasteiger partial charge in [-0.05, 0) is 42.5 Å². The van der Waals surface area contributed by atoms with E-state index in [2.05, 4.69) is 5.32 Å². The third-order valence-corrected chi connectivity index (χ3v) is 4.36. The SMILES string of the molecule is COc1ccc(OC)c(C(=O)c2ccc(C(=O)Nc3ccccc3C#N)cc2)c1. The van der Waals surface area contributed by atoms with Crippen LogP contribution in [-0.4, -0.2) is 25.9 Å². The molecule has 1 N–H and O–H groups in total. The van der Waals surface area contributed by atoms with Gasteiger partial charge in [0.1, 0.15) is 17.6 Å². The Morgan fingerprint density at radius 2 is 1.59 bits per heavy atom. The van der Waals surface area contributed by atoms with Gasteiger partial charge >= 0.3 is 0 Å². The number of nitriles is 1. The van der Waals surface area contributed by atoms with Crippen LogP contribution in [0.2, 0.25) is 0 Å². The van der Waals surface area contributed by atoms with E-state index in [-0.39, 0.29) is 11.7 Å². The third-order valence-electron chi connectivity index (χ3n) is 4.36. The Bertz CT molecular complexity index is 1100. The Balaban J connectivity index is 1.82. The molecule has 3 aromatic rings. The zero-order valence-corrected chi connectivity index (χ0v) is 15.9. The zero-order valence-electron chi connectivity index (χ0n) is 15.9. The number of benzene rings is 3. The first-order valence-corrected chi connectivity index (χ1v) is 8.74. The van der Waals surface area contributed by atoms with Crippen LogP contribution in [0.3, 0.4) is 0 Å². The maximum Gasteiger partial charge on any atom is 0.255 e. The number of ketones is 1. The molecule has 0 atom stereocenters. The van der Waals surface area contributed by atoms with Crippen molar-refractivity contribution >= 4 is 17.4 Å². The summed E-state index contributed by atoms with van der Waals surface area (Å²) in [6.45, 7) is 0. The lowest BCUT2D eigenvalue weighted by molar-refractivity contribution is 0.101. The summed E-state index contributed by atoms with van der Waals surface area (Å²) >= 11 is 0. The first-order valence-electron chi connectivity index (χ1n) is 8.74. The highest BCUT2D eigenvalue weighted by atomic mass is 16.5. The summed E-state index contributed by atoms with van der Waals surface area (Å²) in [4.78, 5) is 25.4. The highest BCUT2D eigenvalue weighted by Gasteiger charge is 2.17. The minimum Gasteiger partial charge on any atom is -0.497 e. The normalized spacial score (nSPS) is 9.97. The van der Waals surface area contributed by atoms with Crippen molar-refractivity contribution in [3.8, 4) is 17.6 Å². The van der Waals surface area contributed by atoms with Gasteiger partial charge in [0, 0.05) is 11.1 Å². The molecule has 0 aliphatic rings. The number of amides is 1. The summed E-state index contributed by atoms with van der Waals surface area (Å²) in [5, 5.41) is 11.8. The van der Waals surface area contributed by atoms with E-state index in [9.17, 15) is 9.59 Å². The fourth-order valence-electron chi connectivity index (χ4n) is 2.80.